The minimum atomic E-state index is -0.352. The first kappa shape index (κ1) is 20.5. The van der Waals surface area contributed by atoms with Gasteiger partial charge in [-0.1, -0.05) is 12.1 Å². The average Bonchev–Trinajstić information content (AvgIpc) is 3.46. The van der Waals surface area contributed by atoms with Gasteiger partial charge in [-0.15, -0.1) is 11.3 Å². The molecule has 0 bridgehead atoms. The van der Waals surface area contributed by atoms with E-state index in [1.165, 1.54) is 4.88 Å². The van der Waals surface area contributed by atoms with Crippen molar-refractivity contribution in [3.05, 3.63) is 51.1 Å². The van der Waals surface area contributed by atoms with Crippen LogP contribution in [0.1, 0.15) is 23.3 Å². The van der Waals surface area contributed by atoms with E-state index >= 15 is 0 Å². The molecule has 4 rings (SSSR count). The first-order valence-corrected chi connectivity index (χ1v) is 11.2. The second-order valence-corrected chi connectivity index (χ2v) is 8.75. The number of thioether (sulfide) groups is 1. The van der Waals surface area contributed by atoms with Crippen molar-refractivity contribution in [2.24, 2.45) is 0 Å². The molecule has 3 heterocycles. The van der Waals surface area contributed by atoms with Crippen LogP contribution in [0.25, 0.3) is 6.08 Å². The number of amides is 3. The van der Waals surface area contributed by atoms with Gasteiger partial charge < -0.3 is 14.8 Å². The lowest BCUT2D eigenvalue weighted by Crippen LogP contribution is -2.37. The van der Waals surface area contributed by atoms with Crippen LogP contribution < -0.4 is 14.8 Å². The summed E-state index contributed by atoms with van der Waals surface area (Å²) in [5.74, 6) is 0.847. The highest BCUT2D eigenvalue weighted by Gasteiger charge is 2.34. The Morgan fingerprint density at radius 3 is 2.90 bits per heavy atom. The Morgan fingerprint density at radius 1 is 1.20 bits per heavy atom. The fourth-order valence-electron chi connectivity index (χ4n) is 3.12. The number of benzene rings is 1. The highest BCUT2D eigenvalue weighted by molar-refractivity contribution is 8.18. The maximum absolute atomic E-state index is 12.6. The summed E-state index contributed by atoms with van der Waals surface area (Å²) in [6.07, 6.45) is 3.73. The minimum Gasteiger partial charge on any atom is -0.454 e. The predicted molar refractivity (Wildman–Crippen MR) is 116 cm³/mol. The van der Waals surface area contributed by atoms with Crippen molar-refractivity contribution >= 4 is 46.2 Å². The van der Waals surface area contributed by atoms with Crippen molar-refractivity contribution in [3.63, 3.8) is 0 Å². The van der Waals surface area contributed by atoms with Crippen molar-refractivity contribution in [2.45, 2.75) is 19.3 Å². The molecule has 1 N–H and O–H groups in total. The van der Waals surface area contributed by atoms with Crippen LogP contribution in [-0.2, 0) is 16.0 Å². The summed E-state index contributed by atoms with van der Waals surface area (Å²) in [4.78, 5) is 39.5. The van der Waals surface area contributed by atoms with Gasteiger partial charge in [0.05, 0.1) is 4.91 Å². The van der Waals surface area contributed by atoms with Gasteiger partial charge >= 0.3 is 0 Å². The molecule has 1 aromatic carbocycles. The number of nitrogens with zero attached hydrogens (tertiary/aromatic N) is 1. The van der Waals surface area contributed by atoms with Crippen LogP contribution in [0.15, 0.2) is 40.6 Å². The number of fused-ring (bicyclic) bond motifs is 1. The summed E-state index contributed by atoms with van der Waals surface area (Å²) < 4.78 is 10.6. The zero-order chi connectivity index (χ0) is 20.9. The van der Waals surface area contributed by atoms with Crippen LogP contribution in [-0.4, -0.2) is 41.8 Å². The summed E-state index contributed by atoms with van der Waals surface area (Å²) >= 11 is 2.58. The molecule has 2 aromatic rings. The van der Waals surface area contributed by atoms with Crippen molar-refractivity contribution < 1.29 is 23.9 Å². The molecule has 0 unspecified atom stereocenters. The SMILES string of the molecule is O=C(CCCc1cccs1)NCCN1C(=O)S/C(=C\c2ccc3c(c2)OCO3)C1=O. The van der Waals surface area contributed by atoms with E-state index in [1.54, 1.807) is 35.6 Å². The Bertz CT molecular complexity index is 987. The smallest absolute Gasteiger partial charge is 0.293 e. The first-order chi connectivity index (χ1) is 14.6. The van der Waals surface area contributed by atoms with E-state index in [2.05, 4.69) is 11.4 Å². The van der Waals surface area contributed by atoms with Crippen molar-refractivity contribution in [1.82, 2.24) is 10.2 Å². The van der Waals surface area contributed by atoms with Gasteiger partial charge in [-0.05, 0) is 59.8 Å². The molecule has 156 valence electrons. The molecule has 2 aliphatic heterocycles. The van der Waals surface area contributed by atoms with Gasteiger partial charge in [0.1, 0.15) is 0 Å². The summed E-state index contributed by atoms with van der Waals surface area (Å²) in [5.41, 5.74) is 0.754. The molecule has 2 aliphatic rings. The second kappa shape index (κ2) is 9.36. The molecule has 7 nitrogen and oxygen atoms in total. The van der Waals surface area contributed by atoms with Gasteiger partial charge in [0.2, 0.25) is 12.7 Å². The second-order valence-electron chi connectivity index (χ2n) is 6.73. The monoisotopic (exact) mass is 444 g/mol. The van der Waals surface area contributed by atoms with Crippen molar-refractivity contribution in [2.75, 3.05) is 19.9 Å². The van der Waals surface area contributed by atoms with E-state index in [1.807, 2.05) is 11.4 Å². The lowest BCUT2D eigenvalue weighted by Gasteiger charge is -2.13. The van der Waals surface area contributed by atoms with Gasteiger partial charge in [-0.25, -0.2) is 0 Å². The van der Waals surface area contributed by atoms with E-state index < -0.39 is 0 Å². The summed E-state index contributed by atoms with van der Waals surface area (Å²) in [5, 5.41) is 4.47. The lowest BCUT2D eigenvalue weighted by molar-refractivity contribution is -0.124. The molecule has 0 spiro atoms. The van der Waals surface area contributed by atoms with Gasteiger partial charge in [-0.3, -0.25) is 19.3 Å². The molecule has 0 atom stereocenters. The van der Waals surface area contributed by atoms with Gasteiger partial charge in [0.25, 0.3) is 11.1 Å². The Kier molecular flexibility index (Phi) is 6.39. The molecule has 1 saturated heterocycles. The number of thiophene rings is 1. The van der Waals surface area contributed by atoms with E-state index in [9.17, 15) is 14.4 Å². The third-order valence-corrected chi connectivity index (χ3v) is 6.48. The summed E-state index contributed by atoms with van der Waals surface area (Å²) in [6.45, 7) is 0.571. The largest absolute Gasteiger partial charge is 0.454 e. The standard InChI is InChI=1S/C21H20N2O5S2/c24-19(5-1-3-15-4-2-10-29-15)22-8-9-23-20(25)18(30-21(23)26)12-14-6-7-16-17(11-14)28-13-27-16/h2,4,6-7,10-12H,1,3,5,8-9,13H2,(H,22,24)/b18-12-. The van der Waals surface area contributed by atoms with Crippen LogP contribution >= 0.6 is 23.1 Å². The fourth-order valence-corrected chi connectivity index (χ4v) is 4.74. The van der Waals surface area contributed by atoms with Crippen LogP contribution in [0, 0.1) is 0 Å². The van der Waals surface area contributed by atoms with Gasteiger partial charge in [-0.2, -0.15) is 0 Å². The highest BCUT2D eigenvalue weighted by atomic mass is 32.2. The fraction of sp³-hybridized carbons (Fsp3) is 0.286. The van der Waals surface area contributed by atoms with Crippen LogP contribution in [0.4, 0.5) is 4.79 Å². The molecule has 1 aromatic heterocycles. The highest BCUT2D eigenvalue weighted by Crippen LogP contribution is 2.36. The maximum atomic E-state index is 12.6. The summed E-state index contributed by atoms with van der Waals surface area (Å²) in [6, 6.07) is 9.40. The van der Waals surface area contributed by atoms with Crippen LogP contribution in [0.3, 0.4) is 0 Å². The maximum Gasteiger partial charge on any atom is 0.293 e. The van der Waals surface area contributed by atoms with Crippen molar-refractivity contribution in [3.8, 4) is 11.5 Å². The zero-order valence-corrected chi connectivity index (χ0v) is 17.7. The Hall–Kier alpha value is -2.78. The van der Waals surface area contributed by atoms with Gasteiger partial charge in [0.15, 0.2) is 11.5 Å². The van der Waals surface area contributed by atoms with E-state index in [-0.39, 0.29) is 36.9 Å². The molecule has 1 fully saturated rings. The number of rotatable bonds is 8. The van der Waals surface area contributed by atoms with E-state index in [0.717, 1.165) is 35.1 Å². The van der Waals surface area contributed by atoms with Crippen LogP contribution in [0.5, 0.6) is 11.5 Å². The number of hydrogen-bond acceptors (Lipinski definition) is 7. The Balaban J connectivity index is 1.25. The van der Waals surface area contributed by atoms with E-state index in [0.29, 0.717) is 22.8 Å². The number of imide groups is 1. The molecule has 9 heteroatoms. The lowest BCUT2D eigenvalue weighted by atomic mass is 10.2. The molecule has 0 saturated carbocycles. The number of aryl methyl sites for hydroxylation is 1. The minimum absolute atomic E-state index is 0.0746. The topological polar surface area (TPSA) is 84.9 Å². The number of hydrogen-bond donors (Lipinski definition) is 1. The number of nitrogens with one attached hydrogen (secondary N) is 1. The van der Waals surface area contributed by atoms with Gasteiger partial charge in [0, 0.05) is 24.4 Å². The van der Waals surface area contributed by atoms with Crippen LogP contribution in [0.2, 0.25) is 0 Å². The summed E-state index contributed by atoms with van der Waals surface area (Å²) in [7, 11) is 0. The molecule has 0 aliphatic carbocycles. The molecular formula is C21H20N2O5S2. The third-order valence-electron chi connectivity index (χ3n) is 4.63. The average molecular weight is 445 g/mol. The zero-order valence-electron chi connectivity index (χ0n) is 16.1. The third kappa shape index (κ3) is 4.85. The number of carbonyl (C=O) groups is 3. The number of ether oxygens (including phenoxy) is 2. The Labute approximate surface area is 182 Å². The Morgan fingerprint density at radius 2 is 2.07 bits per heavy atom. The van der Waals surface area contributed by atoms with Crippen molar-refractivity contribution in [1.29, 1.82) is 0 Å². The quantitative estimate of drug-likeness (QED) is 0.626. The first-order valence-electron chi connectivity index (χ1n) is 9.54. The predicted octanol–water partition coefficient (Wildman–Crippen LogP) is 3.65. The molecular weight excluding hydrogens is 424 g/mol. The molecule has 0 radical (unpaired) electrons. The van der Waals surface area contributed by atoms with E-state index in [4.69, 9.17) is 9.47 Å². The normalized spacial score (nSPS) is 16.5. The molecule has 3 amide bonds. The molecule has 30 heavy (non-hydrogen) atoms. The number of carbonyl (C=O) groups excluding carboxylic acids is 3.